The molecule has 0 amide bonds. The highest BCUT2D eigenvalue weighted by molar-refractivity contribution is 7.99. The van der Waals surface area contributed by atoms with Gasteiger partial charge >= 0.3 is 0 Å². The Morgan fingerprint density at radius 1 is 1.33 bits per heavy atom. The Morgan fingerprint density at radius 2 is 2.06 bits per heavy atom. The molecule has 0 saturated heterocycles. The van der Waals surface area contributed by atoms with Crippen LogP contribution in [0.2, 0.25) is 0 Å². The molecule has 106 valence electrons. The highest BCUT2D eigenvalue weighted by Gasteiger charge is 2.62. The lowest BCUT2D eigenvalue weighted by atomic mass is 9.70. The van der Waals surface area contributed by atoms with E-state index in [4.69, 9.17) is 4.74 Å². The lowest BCUT2D eigenvalue weighted by Gasteiger charge is -2.39. The van der Waals surface area contributed by atoms with Crippen LogP contribution < -0.4 is 0 Å². The predicted molar refractivity (Wildman–Crippen MR) is 80.9 cm³/mol. The molecule has 0 radical (unpaired) electrons. The molecule has 2 heteroatoms. The number of fused-ring (bicyclic) bond motifs is 2. The lowest BCUT2D eigenvalue weighted by molar-refractivity contribution is -0.0525. The number of hydrogen-bond acceptors (Lipinski definition) is 2. The Bertz CT molecular complexity index is 289. The van der Waals surface area contributed by atoms with Crippen molar-refractivity contribution in [3.63, 3.8) is 0 Å². The molecule has 2 bridgehead atoms. The van der Waals surface area contributed by atoms with Crippen molar-refractivity contribution in [2.24, 2.45) is 16.7 Å². The van der Waals surface area contributed by atoms with Gasteiger partial charge in [-0.05, 0) is 55.1 Å². The zero-order valence-corrected chi connectivity index (χ0v) is 13.6. The average Bonchev–Trinajstić information content (AvgIpc) is 2.62. The zero-order valence-electron chi connectivity index (χ0n) is 12.8. The second-order valence-corrected chi connectivity index (χ2v) is 8.43. The van der Waals surface area contributed by atoms with Crippen LogP contribution in [0.25, 0.3) is 0 Å². The molecule has 4 atom stereocenters. The summed E-state index contributed by atoms with van der Waals surface area (Å²) >= 11 is 1.99. The third-order valence-electron chi connectivity index (χ3n) is 5.92. The molecule has 0 aromatic heterocycles. The van der Waals surface area contributed by atoms with E-state index in [1.54, 1.807) is 0 Å². The smallest absolute Gasteiger partial charge is 0.100 e. The summed E-state index contributed by atoms with van der Waals surface area (Å²) in [5.74, 6) is 2.13. The molecular formula is C16H30OS. The Morgan fingerprint density at radius 3 is 2.56 bits per heavy atom. The quantitative estimate of drug-likeness (QED) is 0.491. The standard InChI is InChI=1S/C16H30OS/c1-6-7-10-18-12(2)17-14-11-13-8-9-16(14,5)15(13,3)4/h12-14H,6-11H2,1-5H3. The summed E-state index contributed by atoms with van der Waals surface area (Å²) in [6, 6.07) is 0. The third-order valence-corrected chi connectivity index (χ3v) is 7.03. The van der Waals surface area contributed by atoms with Gasteiger partial charge in [0.2, 0.25) is 0 Å². The molecule has 0 aromatic carbocycles. The van der Waals surface area contributed by atoms with Gasteiger partial charge in [0.25, 0.3) is 0 Å². The largest absolute Gasteiger partial charge is 0.364 e. The molecule has 0 heterocycles. The van der Waals surface area contributed by atoms with Gasteiger partial charge in [-0.1, -0.05) is 34.1 Å². The Hall–Kier alpha value is 0.310. The van der Waals surface area contributed by atoms with Crippen molar-refractivity contribution < 1.29 is 4.74 Å². The first-order chi connectivity index (χ1) is 8.41. The van der Waals surface area contributed by atoms with Crippen molar-refractivity contribution in [1.82, 2.24) is 0 Å². The minimum Gasteiger partial charge on any atom is -0.364 e. The summed E-state index contributed by atoms with van der Waals surface area (Å²) in [4.78, 5) is 0. The van der Waals surface area contributed by atoms with Gasteiger partial charge in [-0.25, -0.2) is 0 Å². The highest BCUT2D eigenvalue weighted by Crippen LogP contribution is 2.66. The first-order valence-electron chi connectivity index (χ1n) is 7.69. The first-order valence-corrected chi connectivity index (χ1v) is 8.73. The highest BCUT2D eigenvalue weighted by atomic mass is 32.2. The van der Waals surface area contributed by atoms with Crippen molar-refractivity contribution in [2.45, 2.75) is 78.3 Å². The monoisotopic (exact) mass is 270 g/mol. The number of ether oxygens (including phenoxy) is 1. The van der Waals surface area contributed by atoms with E-state index in [1.807, 2.05) is 11.8 Å². The lowest BCUT2D eigenvalue weighted by Crippen LogP contribution is -2.38. The normalized spacial score (nSPS) is 39.2. The second kappa shape index (κ2) is 5.36. The van der Waals surface area contributed by atoms with Gasteiger partial charge in [0.1, 0.15) is 5.44 Å². The first kappa shape index (κ1) is 14.7. The van der Waals surface area contributed by atoms with E-state index >= 15 is 0 Å². The van der Waals surface area contributed by atoms with Gasteiger partial charge in [0, 0.05) is 0 Å². The molecule has 2 aliphatic rings. The van der Waals surface area contributed by atoms with E-state index in [9.17, 15) is 0 Å². The number of hydrogen-bond donors (Lipinski definition) is 0. The fourth-order valence-electron chi connectivity index (χ4n) is 4.00. The minimum atomic E-state index is 0.369. The van der Waals surface area contributed by atoms with Gasteiger partial charge in [-0.2, -0.15) is 0 Å². The van der Waals surface area contributed by atoms with E-state index in [0.29, 0.717) is 22.4 Å². The molecule has 0 spiro atoms. The maximum absolute atomic E-state index is 6.39. The van der Waals surface area contributed by atoms with Crippen LogP contribution in [0.3, 0.4) is 0 Å². The number of rotatable bonds is 6. The van der Waals surface area contributed by atoms with E-state index in [1.165, 1.54) is 37.9 Å². The topological polar surface area (TPSA) is 9.23 Å². The number of unbranched alkanes of at least 4 members (excludes halogenated alkanes) is 1. The van der Waals surface area contributed by atoms with E-state index < -0.39 is 0 Å². The van der Waals surface area contributed by atoms with Crippen molar-refractivity contribution in [3.8, 4) is 0 Å². The SMILES string of the molecule is CCCCSC(C)OC1CC2CCC1(C)C2(C)C. The fourth-order valence-corrected chi connectivity index (χ4v) is 5.00. The Labute approximate surface area is 117 Å². The van der Waals surface area contributed by atoms with E-state index in [2.05, 4.69) is 34.6 Å². The van der Waals surface area contributed by atoms with Crippen molar-refractivity contribution in [2.75, 3.05) is 5.75 Å². The van der Waals surface area contributed by atoms with Gasteiger partial charge in [-0.3, -0.25) is 0 Å². The molecule has 2 fully saturated rings. The fraction of sp³-hybridized carbons (Fsp3) is 1.00. The molecule has 18 heavy (non-hydrogen) atoms. The van der Waals surface area contributed by atoms with Crippen LogP contribution in [0.5, 0.6) is 0 Å². The second-order valence-electron chi connectivity index (χ2n) is 7.03. The average molecular weight is 270 g/mol. The van der Waals surface area contributed by atoms with Crippen molar-refractivity contribution in [3.05, 3.63) is 0 Å². The maximum atomic E-state index is 6.39. The minimum absolute atomic E-state index is 0.369. The van der Waals surface area contributed by atoms with Gasteiger partial charge in [-0.15, -0.1) is 11.8 Å². The van der Waals surface area contributed by atoms with Crippen LogP contribution in [0.1, 0.15) is 66.7 Å². The van der Waals surface area contributed by atoms with Gasteiger partial charge in [0.05, 0.1) is 6.10 Å². The van der Waals surface area contributed by atoms with Crippen LogP contribution in [0.4, 0.5) is 0 Å². The van der Waals surface area contributed by atoms with Gasteiger partial charge in [0.15, 0.2) is 0 Å². The summed E-state index contributed by atoms with van der Waals surface area (Å²) < 4.78 is 6.39. The molecule has 0 aliphatic heterocycles. The van der Waals surface area contributed by atoms with Gasteiger partial charge < -0.3 is 4.74 Å². The third kappa shape index (κ3) is 2.35. The Kier molecular flexibility index (Phi) is 4.38. The number of thioether (sulfide) groups is 1. The van der Waals surface area contributed by atoms with Crippen molar-refractivity contribution in [1.29, 1.82) is 0 Å². The molecule has 2 aliphatic carbocycles. The molecule has 0 N–H and O–H groups in total. The van der Waals surface area contributed by atoms with Crippen LogP contribution in [-0.4, -0.2) is 17.3 Å². The summed E-state index contributed by atoms with van der Waals surface area (Å²) in [5.41, 5.74) is 1.26. The summed E-state index contributed by atoms with van der Waals surface area (Å²) in [6.45, 7) is 11.9. The van der Waals surface area contributed by atoms with E-state index in [-0.39, 0.29) is 0 Å². The molecule has 2 saturated carbocycles. The zero-order chi connectivity index (χ0) is 13.4. The summed E-state index contributed by atoms with van der Waals surface area (Å²) in [7, 11) is 0. The predicted octanol–water partition coefficient (Wildman–Crippen LogP) is 5.10. The van der Waals surface area contributed by atoms with Crippen LogP contribution in [-0.2, 0) is 4.74 Å². The summed E-state index contributed by atoms with van der Waals surface area (Å²) in [6.07, 6.45) is 7.17. The van der Waals surface area contributed by atoms with Crippen LogP contribution in [0, 0.1) is 16.7 Å². The summed E-state index contributed by atoms with van der Waals surface area (Å²) in [5, 5.41) is 0. The molecular weight excluding hydrogens is 240 g/mol. The van der Waals surface area contributed by atoms with Crippen LogP contribution >= 0.6 is 11.8 Å². The molecule has 2 rings (SSSR count). The maximum Gasteiger partial charge on any atom is 0.100 e. The molecule has 4 unspecified atom stereocenters. The van der Waals surface area contributed by atoms with Crippen molar-refractivity contribution >= 4 is 11.8 Å². The Balaban J connectivity index is 1.88. The van der Waals surface area contributed by atoms with E-state index in [0.717, 1.165) is 5.92 Å². The van der Waals surface area contributed by atoms with Crippen LogP contribution in [0.15, 0.2) is 0 Å². The molecule has 0 aromatic rings. The molecule has 1 nitrogen and oxygen atoms in total.